The molecular formula is C21H16ClF3N2O3S. The normalized spacial score (nSPS) is 11.5. The highest BCUT2D eigenvalue weighted by molar-refractivity contribution is 7.89. The van der Waals surface area contributed by atoms with Crippen LogP contribution in [0, 0.1) is 17.5 Å². The Kier molecular flexibility index (Phi) is 6.99. The Labute approximate surface area is 182 Å². The van der Waals surface area contributed by atoms with E-state index in [0.29, 0.717) is 5.02 Å². The van der Waals surface area contributed by atoms with Crippen molar-refractivity contribution in [1.82, 2.24) is 4.31 Å². The number of anilines is 1. The monoisotopic (exact) mass is 468 g/mol. The van der Waals surface area contributed by atoms with Crippen LogP contribution in [-0.4, -0.2) is 25.2 Å². The van der Waals surface area contributed by atoms with Crippen LogP contribution in [-0.2, 0) is 21.4 Å². The Balaban J connectivity index is 1.91. The van der Waals surface area contributed by atoms with Gasteiger partial charge >= 0.3 is 0 Å². The van der Waals surface area contributed by atoms with Gasteiger partial charge in [0.25, 0.3) is 0 Å². The van der Waals surface area contributed by atoms with Gasteiger partial charge in [0.05, 0.1) is 17.1 Å². The number of halogens is 4. The van der Waals surface area contributed by atoms with E-state index in [1.54, 1.807) is 0 Å². The number of benzene rings is 3. The molecule has 0 saturated heterocycles. The topological polar surface area (TPSA) is 66.5 Å². The average molecular weight is 469 g/mol. The largest absolute Gasteiger partial charge is 0.322 e. The Morgan fingerprint density at radius 3 is 2.29 bits per heavy atom. The summed E-state index contributed by atoms with van der Waals surface area (Å²) in [7, 11) is -4.26. The minimum absolute atomic E-state index is 0.0322. The number of carbonyl (C=O) groups excluding carboxylic acids is 1. The highest BCUT2D eigenvalue weighted by Crippen LogP contribution is 2.22. The molecule has 0 fully saturated rings. The summed E-state index contributed by atoms with van der Waals surface area (Å²) in [4.78, 5) is 12.3. The van der Waals surface area contributed by atoms with Gasteiger partial charge in [-0.05, 0) is 42.5 Å². The molecule has 0 aromatic heterocycles. The summed E-state index contributed by atoms with van der Waals surface area (Å²) in [5, 5.41) is 2.44. The van der Waals surface area contributed by atoms with Crippen LogP contribution in [0.4, 0.5) is 18.9 Å². The maximum absolute atomic E-state index is 14.1. The van der Waals surface area contributed by atoms with Gasteiger partial charge in [-0.15, -0.1) is 0 Å². The Morgan fingerprint density at radius 2 is 1.61 bits per heavy atom. The molecule has 1 amide bonds. The fourth-order valence-electron chi connectivity index (χ4n) is 2.74. The van der Waals surface area contributed by atoms with Crippen LogP contribution in [0.1, 0.15) is 5.56 Å². The van der Waals surface area contributed by atoms with Gasteiger partial charge in [0, 0.05) is 23.2 Å². The molecular weight excluding hydrogens is 453 g/mol. The van der Waals surface area contributed by atoms with E-state index in [4.69, 9.17) is 11.6 Å². The number of carbonyl (C=O) groups is 1. The summed E-state index contributed by atoms with van der Waals surface area (Å²) in [6.07, 6.45) is 0. The third-order valence-electron chi connectivity index (χ3n) is 4.28. The fourth-order valence-corrected chi connectivity index (χ4v) is 4.24. The zero-order valence-corrected chi connectivity index (χ0v) is 17.4. The predicted octanol–water partition coefficient (Wildman–Crippen LogP) is 4.59. The van der Waals surface area contributed by atoms with E-state index in [1.807, 2.05) is 0 Å². The Morgan fingerprint density at radius 1 is 0.935 bits per heavy atom. The van der Waals surface area contributed by atoms with Crippen molar-refractivity contribution in [3.63, 3.8) is 0 Å². The predicted molar refractivity (Wildman–Crippen MR) is 110 cm³/mol. The highest BCUT2D eigenvalue weighted by atomic mass is 35.5. The van der Waals surface area contributed by atoms with Crippen LogP contribution in [0.25, 0.3) is 0 Å². The van der Waals surface area contributed by atoms with Crippen LogP contribution in [0.3, 0.4) is 0 Å². The summed E-state index contributed by atoms with van der Waals surface area (Å²) in [6.45, 7) is -1.23. The number of rotatable bonds is 7. The van der Waals surface area contributed by atoms with Crippen molar-refractivity contribution in [1.29, 1.82) is 0 Å². The van der Waals surface area contributed by atoms with E-state index in [2.05, 4.69) is 5.32 Å². The van der Waals surface area contributed by atoms with Crippen molar-refractivity contribution >= 4 is 33.2 Å². The molecule has 0 aliphatic rings. The van der Waals surface area contributed by atoms with Crippen LogP contribution in [0.15, 0.2) is 71.6 Å². The first-order valence-corrected chi connectivity index (χ1v) is 10.7. The molecule has 3 aromatic rings. The molecule has 0 bridgehead atoms. The lowest BCUT2D eigenvalue weighted by atomic mass is 10.2. The minimum Gasteiger partial charge on any atom is -0.322 e. The molecule has 0 spiro atoms. The van der Waals surface area contributed by atoms with Crippen molar-refractivity contribution in [3.8, 4) is 0 Å². The third kappa shape index (κ3) is 5.63. The summed E-state index contributed by atoms with van der Waals surface area (Å²) in [6, 6.07) is 13.2. The number of hydrogen-bond donors (Lipinski definition) is 1. The van der Waals surface area contributed by atoms with Crippen LogP contribution in [0.2, 0.25) is 5.02 Å². The number of hydrogen-bond acceptors (Lipinski definition) is 3. The molecule has 10 heteroatoms. The fraction of sp³-hybridized carbons (Fsp3) is 0.0952. The number of nitrogens with zero attached hydrogens (tertiary/aromatic N) is 1. The van der Waals surface area contributed by atoms with Gasteiger partial charge in [0.15, 0.2) is 0 Å². The SMILES string of the molecule is O=C(CN(Cc1ccccc1F)S(=O)(=O)c1ccc(Cl)cc1)Nc1cc(F)ccc1F. The average Bonchev–Trinajstić information content (AvgIpc) is 2.72. The standard InChI is InChI=1S/C21H16ClF3N2O3S/c22-15-5-8-17(9-6-15)31(29,30)27(12-14-3-1-2-4-18(14)24)13-21(28)26-20-11-16(23)7-10-19(20)25/h1-11H,12-13H2,(H,26,28). The summed E-state index contributed by atoms with van der Waals surface area (Å²) >= 11 is 5.81. The Bertz CT molecular complexity index is 1200. The van der Waals surface area contributed by atoms with E-state index in [-0.39, 0.29) is 10.5 Å². The number of nitrogens with one attached hydrogen (secondary N) is 1. The smallest absolute Gasteiger partial charge is 0.243 e. The molecule has 0 atom stereocenters. The van der Waals surface area contributed by atoms with Crippen LogP contribution >= 0.6 is 11.6 Å². The summed E-state index contributed by atoms with van der Waals surface area (Å²) in [5.74, 6) is -3.27. The second-order valence-corrected chi connectivity index (χ2v) is 8.87. The molecule has 1 N–H and O–H groups in total. The zero-order valence-electron chi connectivity index (χ0n) is 15.9. The number of sulfonamides is 1. The molecule has 0 radical (unpaired) electrons. The molecule has 3 aromatic carbocycles. The van der Waals surface area contributed by atoms with E-state index < -0.39 is 52.2 Å². The van der Waals surface area contributed by atoms with Crippen LogP contribution in [0.5, 0.6) is 0 Å². The molecule has 3 rings (SSSR count). The second-order valence-electron chi connectivity index (χ2n) is 6.49. The first-order chi connectivity index (χ1) is 14.7. The maximum atomic E-state index is 14.1. The molecule has 0 saturated carbocycles. The van der Waals surface area contributed by atoms with Gasteiger partial charge in [-0.2, -0.15) is 4.31 Å². The lowest BCUT2D eigenvalue weighted by Gasteiger charge is -2.22. The van der Waals surface area contributed by atoms with Crippen molar-refractivity contribution in [2.75, 3.05) is 11.9 Å². The van der Waals surface area contributed by atoms with Crippen molar-refractivity contribution < 1.29 is 26.4 Å². The van der Waals surface area contributed by atoms with E-state index in [1.165, 1.54) is 42.5 Å². The highest BCUT2D eigenvalue weighted by Gasteiger charge is 2.28. The van der Waals surface area contributed by atoms with E-state index >= 15 is 0 Å². The molecule has 0 unspecified atom stereocenters. The maximum Gasteiger partial charge on any atom is 0.243 e. The van der Waals surface area contributed by atoms with Gasteiger partial charge in [-0.1, -0.05) is 29.8 Å². The van der Waals surface area contributed by atoms with Crippen LogP contribution < -0.4 is 5.32 Å². The molecule has 0 aliphatic heterocycles. The second kappa shape index (κ2) is 9.51. The molecule has 31 heavy (non-hydrogen) atoms. The third-order valence-corrected chi connectivity index (χ3v) is 6.34. The molecule has 162 valence electrons. The molecule has 0 heterocycles. The van der Waals surface area contributed by atoms with Crippen molar-refractivity contribution in [2.45, 2.75) is 11.4 Å². The van der Waals surface area contributed by atoms with Gasteiger partial charge in [-0.3, -0.25) is 4.79 Å². The van der Waals surface area contributed by atoms with Crippen molar-refractivity contribution in [3.05, 3.63) is 94.8 Å². The molecule has 5 nitrogen and oxygen atoms in total. The van der Waals surface area contributed by atoms with Gasteiger partial charge in [0.2, 0.25) is 15.9 Å². The van der Waals surface area contributed by atoms with Crippen molar-refractivity contribution in [2.24, 2.45) is 0 Å². The zero-order chi connectivity index (χ0) is 22.6. The lowest BCUT2D eigenvalue weighted by Crippen LogP contribution is -2.38. The van der Waals surface area contributed by atoms with Gasteiger partial charge in [-0.25, -0.2) is 21.6 Å². The summed E-state index contributed by atoms with van der Waals surface area (Å²) in [5.41, 5.74) is -0.412. The van der Waals surface area contributed by atoms with Gasteiger partial charge < -0.3 is 5.32 Å². The first-order valence-electron chi connectivity index (χ1n) is 8.91. The van der Waals surface area contributed by atoms with E-state index in [9.17, 15) is 26.4 Å². The molecule has 0 aliphatic carbocycles. The lowest BCUT2D eigenvalue weighted by molar-refractivity contribution is -0.116. The first kappa shape index (κ1) is 22.8. The van der Waals surface area contributed by atoms with Gasteiger partial charge in [0.1, 0.15) is 17.5 Å². The Hall–Kier alpha value is -2.88. The van der Waals surface area contributed by atoms with E-state index in [0.717, 1.165) is 28.6 Å². The quantitative estimate of drug-likeness (QED) is 0.551. The number of amides is 1. The summed E-state index contributed by atoms with van der Waals surface area (Å²) < 4.78 is 68.3. The minimum atomic E-state index is -4.26.